The molecule has 0 amide bonds. The molecule has 0 radical (unpaired) electrons. The first-order chi connectivity index (χ1) is 5.88. The minimum absolute atomic E-state index is 0.00898. The van der Waals surface area contributed by atoms with Crippen LogP contribution in [0.4, 0.5) is 0 Å². The van der Waals surface area contributed by atoms with Crippen molar-refractivity contribution in [3.63, 3.8) is 0 Å². The van der Waals surface area contributed by atoms with Crippen LogP contribution in [0.3, 0.4) is 0 Å². The van der Waals surface area contributed by atoms with Crippen molar-refractivity contribution in [2.75, 3.05) is 26.3 Å². The monoisotopic (exact) mass is 168 g/mol. The Labute approximate surface area is 73.9 Å². The molecule has 1 rings (SSSR count). The van der Waals surface area contributed by atoms with Crippen LogP contribution in [0.15, 0.2) is 0 Å². The summed E-state index contributed by atoms with van der Waals surface area (Å²) in [6.07, 6.45) is 2.37. The summed E-state index contributed by atoms with van der Waals surface area (Å²) < 4.78 is 5.22. The van der Waals surface area contributed by atoms with Crippen LogP contribution in [0.1, 0.15) is 19.8 Å². The van der Waals surface area contributed by atoms with Gasteiger partial charge in [0.1, 0.15) is 6.04 Å². The van der Waals surface area contributed by atoms with Crippen molar-refractivity contribution in [2.24, 2.45) is 0 Å². The summed E-state index contributed by atoms with van der Waals surface area (Å²) in [5.41, 5.74) is 0. The summed E-state index contributed by atoms with van der Waals surface area (Å²) in [5.74, 6) is 0. The molecule has 12 heavy (non-hydrogen) atoms. The summed E-state index contributed by atoms with van der Waals surface area (Å²) in [6, 6.07) is 2.25. The first-order valence-electron chi connectivity index (χ1n) is 4.60. The highest BCUT2D eigenvalue weighted by Crippen LogP contribution is 2.06. The van der Waals surface area contributed by atoms with Crippen LogP contribution in [0.2, 0.25) is 0 Å². The number of hydrogen-bond donors (Lipinski definition) is 0. The Morgan fingerprint density at radius 1 is 1.67 bits per heavy atom. The van der Waals surface area contributed by atoms with Crippen molar-refractivity contribution in [3.8, 4) is 6.07 Å². The van der Waals surface area contributed by atoms with Gasteiger partial charge in [0.05, 0.1) is 19.3 Å². The number of rotatable bonds is 3. The number of morpholine rings is 1. The van der Waals surface area contributed by atoms with E-state index in [4.69, 9.17) is 10.00 Å². The summed E-state index contributed by atoms with van der Waals surface area (Å²) in [6.45, 7) is 5.49. The van der Waals surface area contributed by atoms with Gasteiger partial charge in [0.15, 0.2) is 0 Å². The second kappa shape index (κ2) is 5.13. The average molecular weight is 168 g/mol. The summed E-state index contributed by atoms with van der Waals surface area (Å²) in [5, 5.41) is 8.79. The third-order valence-electron chi connectivity index (χ3n) is 2.19. The second-order valence-electron chi connectivity index (χ2n) is 3.11. The predicted octanol–water partition coefficient (Wildman–Crippen LogP) is 1.01. The van der Waals surface area contributed by atoms with Gasteiger partial charge in [-0.05, 0) is 13.0 Å². The average Bonchev–Trinajstić information content (AvgIpc) is 2.15. The minimum atomic E-state index is -0.00898. The summed E-state index contributed by atoms with van der Waals surface area (Å²) in [7, 11) is 0. The molecule has 0 aliphatic carbocycles. The lowest BCUT2D eigenvalue weighted by atomic mass is 10.2. The smallest absolute Gasteiger partial charge is 0.121 e. The van der Waals surface area contributed by atoms with Crippen LogP contribution < -0.4 is 0 Å². The third kappa shape index (κ3) is 2.47. The summed E-state index contributed by atoms with van der Waals surface area (Å²) in [4.78, 5) is 2.22. The lowest BCUT2D eigenvalue weighted by Crippen LogP contribution is -2.44. The molecule has 0 N–H and O–H groups in total. The van der Waals surface area contributed by atoms with Crippen LogP contribution in [-0.4, -0.2) is 37.2 Å². The van der Waals surface area contributed by atoms with Gasteiger partial charge < -0.3 is 4.74 Å². The van der Waals surface area contributed by atoms with Crippen molar-refractivity contribution < 1.29 is 4.74 Å². The molecule has 1 atom stereocenters. The Kier molecular flexibility index (Phi) is 4.06. The van der Waals surface area contributed by atoms with Crippen molar-refractivity contribution in [1.82, 2.24) is 4.90 Å². The van der Waals surface area contributed by atoms with E-state index >= 15 is 0 Å². The van der Waals surface area contributed by atoms with E-state index in [1.54, 1.807) is 0 Å². The van der Waals surface area contributed by atoms with Gasteiger partial charge in [0, 0.05) is 6.54 Å². The van der Waals surface area contributed by atoms with Crippen molar-refractivity contribution in [1.29, 1.82) is 5.26 Å². The second-order valence-corrected chi connectivity index (χ2v) is 3.11. The number of ether oxygens (including phenoxy) is 1. The van der Waals surface area contributed by atoms with Crippen molar-refractivity contribution in [3.05, 3.63) is 0 Å². The third-order valence-corrected chi connectivity index (χ3v) is 2.19. The molecule has 0 aromatic rings. The molecular formula is C9H16N2O. The minimum Gasteiger partial charge on any atom is -0.377 e. The highest BCUT2D eigenvalue weighted by molar-refractivity contribution is 4.93. The molecule has 0 aromatic heterocycles. The fourth-order valence-corrected chi connectivity index (χ4v) is 1.39. The van der Waals surface area contributed by atoms with E-state index in [0.717, 1.165) is 19.7 Å². The fraction of sp³-hybridized carbons (Fsp3) is 0.889. The first kappa shape index (κ1) is 9.50. The van der Waals surface area contributed by atoms with Crippen LogP contribution in [0, 0.1) is 11.3 Å². The number of nitriles is 1. The van der Waals surface area contributed by atoms with Crippen LogP contribution in [0.5, 0.6) is 0 Å². The molecule has 1 aliphatic rings. The molecule has 1 aliphatic heterocycles. The zero-order valence-corrected chi connectivity index (χ0v) is 7.62. The van der Waals surface area contributed by atoms with E-state index < -0.39 is 0 Å². The molecule has 1 unspecified atom stereocenters. The van der Waals surface area contributed by atoms with Gasteiger partial charge in [-0.3, -0.25) is 4.90 Å². The molecule has 68 valence electrons. The van der Waals surface area contributed by atoms with Gasteiger partial charge in [-0.1, -0.05) is 13.3 Å². The highest BCUT2D eigenvalue weighted by atomic mass is 16.5. The van der Waals surface area contributed by atoms with Gasteiger partial charge in [0.2, 0.25) is 0 Å². The maximum absolute atomic E-state index is 8.79. The van der Waals surface area contributed by atoms with Gasteiger partial charge >= 0.3 is 0 Å². The molecule has 1 fully saturated rings. The maximum atomic E-state index is 8.79. The van der Waals surface area contributed by atoms with Gasteiger partial charge in [-0.15, -0.1) is 0 Å². The zero-order valence-electron chi connectivity index (χ0n) is 7.62. The predicted molar refractivity (Wildman–Crippen MR) is 46.7 cm³/mol. The molecular weight excluding hydrogens is 152 g/mol. The fourth-order valence-electron chi connectivity index (χ4n) is 1.39. The zero-order chi connectivity index (χ0) is 8.81. The Hall–Kier alpha value is -0.590. The van der Waals surface area contributed by atoms with Crippen LogP contribution >= 0.6 is 0 Å². The Morgan fingerprint density at radius 3 is 3.17 bits per heavy atom. The van der Waals surface area contributed by atoms with Crippen LogP contribution in [0.25, 0.3) is 0 Å². The quantitative estimate of drug-likeness (QED) is 0.631. The largest absolute Gasteiger partial charge is 0.377 e. The Bertz CT molecular complexity index is 164. The topological polar surface area (TPSA) is 36.3 Å². The molecule has 1 saturated heterocycles. The number of unbranched alkanes of at least 4 members (excludes halogenated alkanes) is 1. The Balaban J connectivity index is 2.32. The normalized spacial score (nSPS) is 25.2. The molecule has 0 saturated carbocycles. The maximum Gasteiger partial charge on any atom is 0.121 e. The molecule has 0 aromatic carbocycles. The highest BCUT2D eigenvalue weighted by Gasteiger charge is 2.21. The van der Waals surface area contributed by atoms with Crippen molar-refractivity contribution in [2.45, 2.75) is 25.8 Å². The molecule has 1 heterocycles. The molecule has 3 nitrogen and oxygen atoms in total. The lowest BCUT2D eigenvalue weighted by Gasteiger charge is -2.30. The van der Waals surface area contributed by atoms with E-state index in [0.29, 0.717) is 6.61 Å². The van der Waals surface area contributed by atoms with E-state index in [1.807, 2.05) is 0 Å². The molecule has 0 bridgehead atoms. The lowest BCUT2D eigenvalue weighted by molar-refractivity contribution is 0.0124. The van der Waals surface area contributed by atoms with E-state index in [-0.39, 0.29) is 6.04 Å². The molecule has 0 spiro atoms. The number of hydrogen-bond acceptors (Lipinski definition) is 3. The van der Waals surface area contributed by atoms with Gasteiger partial charge in [-0.2, -0.15) is 5.26 Å². The number of nitrogens with zero attached hydrogens (tertiary/aromatic N) is 2. The summed E-state index contributed by atoms with van der Waals surface area (Å²) >= 11 is 0. The van der Waals surface area contributed by atoms with Crippen LogP contribution in [-0.2, 0) is 4.74 Å². The van der Waals surface area contributed by atoms with Crippen molar-refractivity contribution >= 4 is 0 Å². The van der Waals surface area contributed by atoms with E-state index in [9.17, 15) is 0 Å². The SMILES string of the molecule is CCCCN1CCOCC1C#N. The van der Waals surface area contributed by atoms with E-state index in [2.05, 4.69) is 17.9 Å². The Morgan fingerprint density at radius 2 is 2.50 bits per heavy atom. The standard InChI is InChI=1S/C9H16N2O/c1-2-3-4-11-5-6-12-8-9(11)7-10/h9H,2-6,8H2,1H3. The molecule has 3 heteroatoms. The first-order valence-corrected chi connectivity index (χ1v) is 4.60. The van der Waals surface area contributed by atoms with Gasteiger partial charge in [0.25, 0.3) is 0 Å². The van der Waals surface area contributed by atoms with Gasteiger partial charge in [-0.25, -0.2) is 0 Å². The van der Waals surface area contributed by atoms with E-state index in [1.165, 1.54) is 12.8 Å².